The Morgan fingerprint density at radius 3 is 2.30 bits per heavy atom. The normalized spacial score (nSPS) is 24.9. The molecule has 2 unspecified atom stereocenters. The van der Waals surface area contributed by atoms with E-state index in [9.17, 15) is 17.2 Å². The molecule has 112 valence electrons. The van der Waals surface area contributed by atoms with Crippen LogP contribution < -0.4 is 0 Å². The first-order chi connectivity index (χ1) is 9.21. The highest BCUT2D eigenvalue weighted by atomic mass is 79.9. The molecule has 0 radical (unpaired) electrons. The molecule has 1 aromatic carbocycles. The summed E-state index contributed by atoms with van der Waals surface area (Å²) >= 11 is 2.91. The molecule has 0 aromatic heterocycles. The molecule has 0 N–H and O–H groups in total. The lowest BCUT2D eigenvalue weighted by Gasteiger charge is -2.34. The Kier molecular flexibility index (Phi) is 4.48. The van der Waals surface area contributed by atoms with Crippen molar-refractivity contribution in [2.75, 3.05) is 13.1 Å². The van der Waals surface area contributed by atoms with Crippen molar-refractivity contribution in [1.82, 2.24) is 4.31 Å². The maximum Gasteiger partial charge on any atom is 0.247 e. The van der Waals surface area contributed by atoms with E-state index in [1.54, 1.807) is 13.8 Å². The third kappa shape index (κ3) is 3.03. The molecule has 0 amide bonds. The van der Waals surface area contributed by atoms with Gasteiger partial charge in [0.1, 0.15) is 16.5 Å². The number of benzene rings is 1. The van der Waals surface area contributed by atoms with Gasteiger partial charge in [0.2, 0.25) is 10.0 Å². The monoisotopic (exact) mass is 369 g/mol. The smallest absolute Gasteiger partial charge is 0.247 e. The zero-order valence-corrected chi connectivity index (χ0v) is 13.3. The minimum atomic E-state index is -4.04. The van der Waals surface area contributed by atoms with Crippen molar-refractivity contribution < 1.29 is 21.9 Å². The predicted octanol–water partition coefficient (Wildman–Crippen LogP) is 2.53. The maximum absolute atomic E-state index is 13.8. The summed E-state index contributed by atoms with van der Waals surface area (Å²) < 4.78 is 58.4. The molecule has 0 spiro atoms. The van der Waals surface area contributed by atoms with E-state index in [1.165, 1.54) is 0 Å². The van der Waals surface area contributed by atoms with Gasteiger partial charge in [-0.3, -0.25) is 0 Å². The molecular weight excluding hydrogens is 356 g/mol. The summed E-state index contributed by atoms with van der Waals surface area (Å²) in [6.07, 6.45) is -0.563. The molecule has 2 rings (SSSR count). The minimum absolute atomic E-state index is 0.123. The molecule has 1 aromatic rings. The van der Waals surface area contributed by atoms with Crippen molar-refractivity contribution in [2.24, 2.45) is 0 Å². The van der Waals surface area contributed by atoms with Crippen LogP contribution in [0.3, 0.4) is 0 Å². The van der Waals surface area contributed by atoms with Crippen LogP contribution in [0, 0.1) is 11.6 Å². The van der Waals surface area contributed by atoms with Crippen LogP contribution in [0.15, 0.2) is 21.5 Å². The summed E-state index contributed by atoms with van der Waals surface area (Å²) in [5.74, 6) is -1.94. The van der Waals surface area contributed by atoms with E-state index in [-0.39, 0.29) is 29.8 Å². The third-order valence-electron chi connectivity index (χ3n) is 2.95. The minimum Gasteiger partial charge on any atom is -0.373 e. The fourth-order valence-corrected chi connectivity index (χ4v) is 4.93. The number of hydrogen-bond donors (Lipinski definition) is 0. The number of morpholine rings is 1. The first-order valence-corrected chi connectivity index (χ1v) is 8.25. The Hall–Kier alpha value is -0.570. The van der Waals surface area contributed by atoms with E-state index in [0.717, 1.165) is 10.4 Å². The molecule has 8 heteroatoms. The van der Waals surface area contributed by atoms with E-state index in [0.29, 0.717) is 6.07 Å². The second kappa shape index (κ2) is 5.67. The van der Waals surface area contributed by atoms with Crippen molar-refractivity contribution in [1.29, 1.82) is 0 Å². The third-order valence-corrected chi connectivity index (χ3v) is 5.74. The Morgan fingerprint density at radius 2 is 1.80 bits per heavy atom. The quantitative estimate of drug-likeness (QED) is 0.804. The molecule has 4 nitrogen and oxygen atoms in total. The van der Waals surface area contributed by atoms with Gasteiger partial charge in [-0.05, 0) is 35.8 Å². The van der Waals surface area contributed by atoms with Crippen LogP contribution >= 0.6 is 15.9 Å². The number of nitrogens with zero attached hydrogens (tertiary/aromatic N) is 1. The van der Waals surface area contributed by atoms with Crippen molar-refractivity contribution >= 4 is 26.0 Å². The fraction of sp³-hybridized carbons (Fsp3) is 0.500. The van der Waals surface area contributed by atoms with E-state index in [4.69, 9.17) is 4.74 Å². The van der Waals surface area contributed by atoms with Gasteiger partial charge in [-0.15, -0.1) is 0 Å². The molecule has 1 heterocycles. The molecular formula is C12H14BrF2NO3S. The van der Waals surface area contributed by atoms with Crippen LogP contribution in [0.1, 0.15) is 13.8 Å². The lowest BCUT2D eigenvalue weighted by molar-refractivity contribution is -0.0441. The summed E-state index contributed by atoms with van der Waals surface area (Å²) in [6, 6.07) is 1.49. The average Bonchev–Trinajstić information content (AvgIpc) is 2.25. The van der Waals surface area contributed by atoms with Crippen molar-refractivity contribution in [3.05, 3.63) is 28.2 Å². The Morgan fingerprint density at radius 1 is 1.25 bits per heavy atom. The van der Waals surface area contributed by atoms with Crippen molar-refractivity contribution in [3.63, 3.8) is 0 Å². The predicted molar refractivity (Wildman–Crippen MR) is 72.8 cm³/mol. The van der Waals surface area contributed by atoms with E-state index in [2.05, 4.69) is 15.9 Å². The van der Waals surface area contributed by atoms with Gasteiger partial charge in [-0.25, -0.2) is 17.2 Å². The Balaban J connectivity index is 2.45. The van der Waals surface area contributed by atoms with Gasteiger partial charge in [0.15, 0.2) is 0 Å². The molecule has 1 aliphatic heterocycles. The van der Waals surface area contributed by atoms with E-state index < -0.39 is 26.6 Å². The topological polar surface area (TPSA) is 46.6 Å². The zero-order valence-electron chi connectivity index (χ0n) is 10.9. The fourth-order valence-electron chi connectivity index (χ4n) is 2.23. The number of hydrogen-bond acceptors (Lipinski definition) is 3. The second-order valence-electron chi connectivity index (χ2n) is 4.78. The summed E-state index contributed by atoms with van der Waals surface area (Å²) in [7, 11) is -4.04. The first-order valence-electron chi connectivity index (χ1n) is 6.02. The van der Waals surface area contributed by atoms with Crippen LogP contribution in [0.4, 0.5) is 8.78 Å². The van der Waals surface area contributed by atoms with E-state index in [1.807, 2.05) is 0 Å². The highest BCUT2D eigenvalue weighted by Gasteiger charge is 2.35. The van der Waals surface area contributed by atoms with Crippen LogP contribution in [-0.2, 0) is 14.8 Å². The molecule has 1 aliphatic rings. The number of ether oxygens (including phenoxy) is 1. The summed E-state index contributed by atoms with van der Waals surface area (Å²) in [5.41, 5.74) is 0. The Bertz CT molecular complexity index is 590. The van der Waals surface area contributed by atoms with Gasteiger partial charge in [0.25, 0.3) is 0 Å². The van der Waals surface area contributed by atoms with Gasteiger partial charge in [0, 0.05) is 23.6 Å². The maximum atomic E-state index is 13.8. The van der Waals surface area contributed by atoms with Gasteiger partial charge in [0.05, 0.1) is 12.2 Å². The van der Waals surface area contributed by atoms with Crippen molar-refractivity contribution in [2.45, 2.75) is 31.0 Å². The number of halogens is 3. The Labute approximate surface area is 124 Å². The van der Waals surface area contributed by atoms with E-state index >= 15 is 0 Å². The zero-order chi connectivity index (χ0) is 15.1. The van der Waals surface area contributed by atoms with Crippen molar-refractivity contribution in [3.8, 4) is 0 Å². The lowest BCUT2D eigenvalue weighted by atomic mass is 10.3. The molecule has 0 bridgehead atoms. The molecule has 20 heavy (non-hydrogen) atoms. The largest absolute Gasteiger partial charge is 0.373 e. The average molecular weight is 370 g/mol. The second-order valence-corrected chi connectivity index (χ2v) is 7.51. The van der Waals surface area contributed by atoms with Gasteiger partial charge in [-0.1, -0.05) is 0 Å². The van der Waals surface area contributed by atoms with Crippen LogP contribution in [0.25, 0.3) is 0 Å². The van der Waals surface area contributed by atoms with Gasteiger partial charge >= 0.3 is 0 Å². The molecule has 1 saturated heterocycles. The highest BCUT2D eigenvalue weighted by molar-refractivity contribution is 9.10. The van der Waals surface area contributed by atoms with Crippen LogP contribution in [-0.4, -0.2) is 38.0 Å². The van der Waals surface area contributed by atoms with Crippen LogP contribution in [0.2, 0.25) is 0 Å². The summed E-state index contributed by atoms with van der Waals surface area (Å²) in [6.45, 7) is 3.76. The lowest BCUT2D eigenvalue weighted by Crippen LogP contribution is -2.48. The van der Waals surface area contributed by atoms with Gasteiger partial charge < -0.3 is 4.74 Å². The first kappa shape index (κ1) is 15.8. The summed E-state index contributed by atoms with van der Waals surface area (Å²) in [5, 5.41) is 0. The SMILES string of the molecule is CC1CN(S(=O)(=O)c2c(F)cc(F)cc2Br)CC(C)O1. The summed E-state index contributed by atoms with van der Waals surface area (Å²) in [4.78, 5) is -0.541. The van der Waals surface area contributed by atoms with Gasteiger partial charge in [-0.2, -0.15) is 4.31 Å². The molecule has 2 atom stereocenters. The highest BCUT2D eigenvalue weighted by Crippen LogP contribution is 2.30. The molecule has 1 fully saturated rings. The molecule has 0 saturated carbocycles. The molecule has 0 aliphatic carbocycles. The standard InChI is InChI=1S/C12H14BrF2NO3S/c1-7-5-16(6-8(2)19-7)20(17,18)12-10(13)3-9(14)4-11(12)15/h3-4,7-8H,5-6H2,1-2H3. The number of sulfonamides is 1. The van der Waals surface area contributed by atoms with Crippen LogP contribution in [0.5, 0.6) is 0 Å². The number of rotatable bonds is 2.